The summed E-state index contributed by atoms with van der Waals surface area (Å²) in [6, 6.07) is 6.04. The number of likely N-dealkylation sites (tertiary alicyclic amines) is 1. The molecule has 0 bridgehead atoms. The highest BCUT2D eigenvalue weighted by Gasteiger charge is 2.28. The van der Waals surface area contributed by atoms with Gasteiger partial charge in [0.05, 0.1) is 17.3 Å². The van der Waals surface area contributed by atoms with E-state index in [9.17, 15) is 4.79 Å². The molecule has 0 radical (unpaired) electrons. The fourth-order valence-electron chi connectivity index (χ4n) is 2.95. The van der Waals surface area contributed by atoms with Crippen LogP contribution in [0.4, 0.5) is 0 Å². The Morgan fingerprint density at radius 1 is 1.40 bits per heavy atom. The van der Waals surface area contributed by atoms with Gasteiger partial charge in [-0.15, -0.1) is 11.6 Å². The molecule has 1 amide bonds. The minimum Gasteiger partial charge on any atom is -0.336 e. The van der Waals surface area contributed by atoms with E-state index >= 15 is 0 Å². The second-order valence-electron chi connectivity index (χ2n) is 5.21. The van der Waals surface area contributed by atoms with Crippen LogP contribution in [0.3, 0.4) is 0 Å². The molecule has 1 aliphatic heterocycles. The number of hydrogen-bond donors (Lipinski definition) is 0. The van der Waals surface area contributed by atoms with Crippen LogP contribution in [0.5, 0.6) is 0 Å². The average Bonchev–Trinajstić information content (AvgIpc) is 2.91. The van der Waals surface area contributed by atoms with Crippen molar-refractivity contribution in [2.45, 2.75) is 31.7 Å². The number of alkyl halides is 1. The van der Waals surface area contributed by atoms with E-state index < -0.39 is 0 Å². The van der Waals surface area contributed by atoms with Gasteiger partial charge in [-0.1, -0.05) is 6.07 Å². The quantitative estimate of drug-likeness (QED) is 0.816. The largest absolute Gasteiger partial charge is 0.336 e. The zero-order valence-corrected chi connectivity index (χ0v) is 12.1. The van der Waals surface area contributed by atoms with Gasteiger partial charge in [-0.25, -0.2) is 4.52 Å². The van der Waals surface area contributed by atoms with Crippen molar-refractivity contribution >= 4 is 23.0 Å². The van der Waals surface area contributed by atoms with Crippen molar-refractivity contribution in [3.8, 4) is 0 Å². The highest BCUT2D eigenvalue weighted by Crippen LogP contribution is 2.23. The van der Waals surface area contributed by atoms with Crippen LogP contribution in [0, 0.1) is 0 Å². The summed E-state index contributed by atoms with van der Waals surface area (Å²) in [4.78, 5) is 14.8. The highest BCUT2D eigenvalue weighted by atomic mass is 35.5. The van der Waals surface area contributed by atoms with Crippen LogP contribution >= 0.6 is 11.6 Å². The third kappa shape index (κ3) is 2.40. The summed E-state index contributed by atoms with van der Waals surface area (Å²) >= 11 is 5.87. The van der Waals surface area contributed by atoms with Gasteiger partial charge in [0, 0.05) is 24.7 Å². The summed E-state index contributed by atoms with van der Waals surface area (Å²) in [5.74, 6) is 0.685. The summed E-state index contributed by atoms with van der Waals surface area (Å²) in [6.07, 6.45) is 7.70. The smallest absolute Gasteiger partial charge is 0.257 e. The third-order valence-electron chi connectivity index (χ3n) is 3.99. The number of amides is 1. The third-order valence-corrected chi connectivity index (χ3v) is 4.21. The molecule has 0 aliphatic carbocycles. The first-order valence-electron chi connectivity index (χ1n) is 7.10. The number of pyridine rings is 1. The van der Waals surface area contributed by atoms with E-state index in [1.807, 2.05) is 29.3 Å². The van der Waals surface area contributed by atoms with Crippen molar-refractivity contribution in [1.82, 2.24) is 14.5 Å². The molecule has 1 saturated heterocycles. The molecule has 3 rings (SSSR count). The van der Waals surface area contributed by atoms with Crippen LogP contribution in [-0.4, -0.2) is 38.9 Å². The molecule has 3 heterocycles. The number of nitrogens with zero attached hydrogens (tertiary/aromatic N) is 3. The lowest BCUT2D eigenvalue weighted by atomic mass is 9.99. The summed E-state index contributed by atoms with van der Waals surface area (Å²) in [5.41, 5.74) is 1.56. The summed E-state index contributed by atoms with van der Waals surface area (Å²) in [5, 5.41) is 4.25. The van der Waals surface area contributed by atoms with Crippen molar-refractivity contribution in [2.24, 2.45) is 0 Å². The predicted molar refractivity (Wildman–Crippen MR) is 79.2 cm³/mol. The Labute approximate surface area is 123 Å². The number of carbonyl (C=O) groups excluding carboxylic acids is 1. The zero-order valence-electron chi connectivity index (χ0n) is 11.3. The number of rotatable bonds is 3. The van der Waals surface area contributed by atoms with Gasteiger partial charge >= 0.3 is 0 Å². The Morgan fingerprint density at radius 2 is 2.30 bits per heavy atom. The van der Waals surface area contributed by atoms with Crippen LogP contribution in [0.2, 0.25) is 0 Å². The molecule has 1 aliphatic rings. The van der Waals surface area contributed by atoms with E-state index in [4.69, 9.17) is 11.6 Å². The first-order valence-corrected chi connectivity index (χ1v) is 7.64. The van der Waals surface area contributed by atoms with Crippen LogP contribution in [0.15, 0.2) is 30.6 Å². The minimum absolute atomic E-state index is 0.0843. The summed E-state index contributed by atoms with van der Waals surface area (Å²) < 4.78 is 1.74. The maximum Gasteiger partial charge on any atom is 0.257 e. The maximum atomic E-state index is 12.8. The molecule has 0 N–H and O–H groups in total. The molecule has 1 fully saturated rings. The van der Waals surface area contributed by atoms with E-state index in [1.54, 1.807) is 10.7 Å². The lowest BCUT2D eigenvalue weighted by molar-refractivity contribution is 0.0611. The van der Waals surface area contributed by atoms with Crippen molar-refractivity contribution in [1.29, 1.82) is 0 Å². The van der Waals surface area contributed by atoms with Crippen LogP contribution in [0.25, 0.3) is 5.52 Å². The molecule has 1 atom stereocenters. The topological polar surface area (TPSA) is 37.6 Å². The molecule has 0 spiro atoms. The van der Waals surface area contributed by atoms with Crippen molar-refractivity contribution in [2.75, 3.05) is 12.4 Å². The summed E-state index contributed by atoms with van der Waals surface area (Å²) in [6.45, 7) is 0.824. The molecule has 4 nitrogen and oxygen atoms in total. The van der Waals surface area contributed by atoms with E-state index in [0.717, 1.165) is 31.3 Å². The number of hydrogen-bond acceptors (Lipinski definition) is 2. The predicted octanol–water partition coefficient (Wildman–Crippen LogP) is 2.96. The highest BCUT2D eigenvalue weighted by molar-refractivity contribution is 6.17. The number of aromatic nitrogens is 2. The second-order valence-corrected chi connectivity index (χ2v) is 5.59. The van der Waals surface area contributed by atoms with Gasteiger partial charge in [0.25, 0.3) is 5.91 Å². The van der Waals surface area contributed by atoms with E-state index in [2.05, 4.69) is 5.10 Å². The molecule has 2 aromatic rings. The molecule has 0 aromatic carbocycles. The van der Waals surface area contributed by atoms with Gasteiger partial charge < -0.3 is 4.90 Å². The first-order chi connectivity index (χ1) is 9.81. The van der Waals surface area contributed by atoms with Crippen LogP contribution in [-0.2, 0) is 0 Å². The van der Waals surface area contributed by atoms with Gasteiger partial charge in [0.2, 0.25) is 0 Å². The number of halogens is 1. The van der Waals surface area contributed by atoms with E-state index in [-0.39, 0.29) is 11.9 Å². The molecule has 5 heteroatoms. The lowest BCUT2D eigenvalue weighted by Gasteiger charge is -2.35. The van der Waals surface area contributed by atoms with Crippen molar-refractivity contribution in [3.63, 3.8) is 0 Å². The molecule has 2 aromatic heterocycles. The van der Waals surface area contributed by atoms with Gasteiger partial charge in [-0.2, -0.15) is 5.10 Å². The molecule has 0 saturated carbocycles. The van der Waals surface area contributed by atoms with Crippen molar-refractivity contribution < 1.29 is 4.79 Å². The fourth-order valence-corrected chi connectivity index (χ4v) is 3.20. The minimum atomic E-state index is 0.0843. The number of fused-ring (bicyclic) bond motifs is 1. The van der Waals surface area contributed by atoms with Gasteiger partial charge in [-0.3, -0.25) is 4.79 Å². The first kappa shape index (κ1) is 13.4. The van der Waals surface area contributed by atoms with E-state index in [1.165, 1.54) is 6.42 Å². The second kappa shape index (κ2) is 5.83. The molecular weight excluding hydrogens is 274 g/mol. The molecule has 1 unspecified atom stereocenters. The molecule has 20 heavy (non-hydrogen) atoms. The zero-order chi connectivity index (χ0) is 13.9. The summed E-state index contributed by atoms with van der Waals surface area (Å²) in [7, 11) is 0. The maximum absolute atomic E-state index is 12.8. The van der Waals surface area contributed by atoms with E-state index in [0.29, 0.717) is 11.4 Å². The lowest BCUT2D eigenvalue weighted by Crippen LogP contribution is -2.43. The average molecular weight is 292 g/mol. The van der Waals surface area contributed by atoms with Crippen LogP contribution < -0.4 is 0 Å². The fraction of sp³-hybridized carbons (Fsp3) is 0.467. The van der Waals surface area contributed by atoms with Gasteiger partial charge in [-0.05, 0) is 37.8 Å². The molecular formula is C15H18ClN3O. The SMILES string of the molecule is O=C(c1cnn2ccccc12)N1CCCCC1CCCl. The Morgan fingerprint density at radius 3 is 3.15 bits per heavy atom. The normalized spacial score (nSPS) is 19.4. The Balaban J connectivity index is 1.90. The number of carbonyl (C=O) groups is 1. The molecule has 106 valence electrons. The van der Waals surface area contributed by atoms with Gasteiger partial charge in [0.15, 0.2) is 0 Å². The standard InChI is InChI=1S/C15H18ClN3O/c16-8-7-12-5-1-3-9-18(12)15(20)13-11-17-19-10-4-2-6-14(13)19/h2,4,6,10-12H,1,3,5,7-9H2. The Hall–Kier alpha value is -1.55. The van der Waals surface area contributed by atoms with Gasteiger partial charge in [0.1, 0.15) is 0 Å². The Bertz CT molecular complexity index is 608. The van der Waals surface area contributed by atoms with Crippen molar-refractivity contribution in [3.05, 3.63) is 36.2 Å². The monoisotopic (exact) mass is 291 g/mol. The number of piperidine rings is 1. The van der Waals surface area contributed by atoms with Crippen LogP contribution in [0.1, 0.15) is 36.0 Å². The Kier molecular flexibility index (Phi) is 3.92.